The van der Waals surface area contributed by atoms with E-state index in [1.807, 2.05) is 67.6 Å². The molecule has 0 aliphatic heterocycles. The smallest absolute Gasteiger partial charge is 0.242 e. The summed E-state index contributed by atoms with van der Waals surface area (Å²) in [5.74, 6) is -0.0796. The number of nitrogens with zero attached hydrogens (tertiary/aromatic N) is 1. The van der Waals surface area contributed by atoms with Crippen LogP contribution in [0.4, 0.5) is 0 Å². The molecule has 2 amide bonds. The third-order valence-electron chi connectivity index (χ3n) is 4.91. The summed E-state index contributed by atoms with van der Waals surface area (Å²) in [5, 5.41) is 2.98. The van der Waals surface area contributed by atoms with Crippen LogP contribution >= 0.6 is 0 Å². The largest absolute Gasteiger partial charge is 0.354 e. The van der Waals surface area contributed by atoms with Crippen LogP contribution in [0.25, 0.3) is 0 Å². The summed E-state index contributed by atoms with van der Waals surface area (Å²) in [7, 11) is 0. The number of carbonyl (C=O) groups excluding carboxylic acids is 2. The molecule has 1 N–H and O–H groups in total. The van der Waals surface area contributed by atoms with Gasteiger partial charge in [-0.15, -0.1) is 0 Å². The van der Waals surface area contributed by atoms with Crippen molar-refractivity contribution in [3.8, 4) is 0 Å². The van der Waals surface area contributed by atoms with Gasteiger partial charge in [-0.2, -0.15) is 0 Å². The lowest BCUT2D eigenvalue weighted by Gasteiger charge is -2.29. The Morgan fingerprint density at radius 3 is 2.14 bits per heavy atom. The molecule has 2 aromatic carbocycles. The summed E-state index contributed by atoms with van der Waals surface area (Å²) >= 11 is 0. The number of aryl methyl sites for hydroxylation is 1. The Morgan fingerprint density at radius 2 is 1.54 bits per heavy atom. The third-order valence-corrected chi connectivity index (χ3v) is 4.91. The molecular weight excluding hydrogens is 348 g/mol. The molecule has 2 rings (SSSR count). The average Bonchev–Trinajstić information content (AvgIpc) is 2.74. The van der Waals surface area contributed by atoms with Gasteiger partial charge in [0.25, 0.3) is 0 Å². The van der Waals surface area contributed by atoms with Crippen molar-refractivity contribution in [2.45, 2.75) is 58.5 Å². The number of nitrogens with one attached hydrogen (secondary N) is 1. The quantitative estimate of drug-likeness (QED) is 0.590. The molecule has 0 aromatic heterocycles. The van der Waals surface area contributed by atoms with E-state index >= 15 is 0 Å². The van der Waals surface area contributed by atoms with E-state index in [2.05, 4.69) is 12.2 Å². The third kappa shape index (κ3) is 7.18. The summed E-state index contributed by atoms with van der Waals surface area (Å²) < 4.78 is 0. The molecular formula is C24H32N2O2. The van der Waals surface area contributed by atoms with Crippen molar-refractivity contribution >= 4 is 11.8 Å². The minimum absolute atomic E-state index is 0.00362. The van der Waals surface area contributed by atoms with Crippen molar-refractivity contribution in [1.82, 2.24) is 10.2 Å². The molecule has 0 spiro atoms. The lowest BCUT2D eigenvalue weighted by atomic mass is 10.1. The summed E-state index contributed by atoms with van der Waals surface area (Å²) in [6, 6.07) is 19.3. The second kappa shape index (κ2) is 12.0. The maximum absolute atomic E-state index is 13.0. The first-order valence-corrected chi connectivity index (χ1v) is 10.3. The lowest BCUT2D eigenvalue weighted by molar-refractivity contribution is -0.140. The van der Waals surface area contributed by atoms with Gasteiger partial charge in [0, 0.05) is 19.5 Å². The molecule has 0 fully saturated rings. The number of hydrogen-bond donors (Lipinski definition) is 1. The van der Waals surface area contributed by atoms with Crippen molar-refractivity contribution in [1.29, 1.82) is 0 Å². The van der Waals surface area contributed by atoms with E-state index in [4.69, 9.17) is 0 Å². The number of unbranched alkanes of at least 4 members (excludes halogenated alkanes) is 2. The first-order chi connectivity index (χ1) is 13.6. The Bertz CT molecular complexity index is 716. The van der Waals surface area contributed by atoms with Crippen LogP contribution in [0.15, 0.2) is 60.7 Å². The minimum Gasteiger partial charge on any atom is -0.354 e. The Morgan fingerprint density at radius 1 is 0.929 bits per heavy atom. The van der Waals surface area contributed by atoms with E-state index in [1.165, 1.54) is 0 Å². The minimum atomic E-state index is -0.495. The topological polar surface area (TPSA) is 49.4 Å². The standard InChI is InChI=1S/C24H32N2O2/c1-3-4-11-18-25-24(28)20(2)26(19-22-14-9-6-10-15-22)23(27)17-16-21-12-7-5-8-13-21/h5-10,12-15,20H,3-4,11,16-19H2,1-2H3,(H,25,28)/t20-/m0/s1. The summed E-state index contributed by atoms with van der Waals surface area (Å²) in [4.78, 5) is 27.3. The molecule has 0 saturated heterocycles. The van der Waals surface area contributed by atoms with Crippen LogP contribution < -0.4 is 5.32 Å². The molecule has 0 aliphatic carbocycles. The normalized spacial score (nSPS) is 11.6. The monoisotopic (exact) mass is 380 g/mol. The highest BCUT2D eigenvalue weighted by Gasteiger charge is 2.25. The Hall–Kier alpha value is -2.62. The summed E-state index contributed by atoms with van der Waals surface area (Å²) in [6.07, 6.45) is 4.25. The summed E-state index contributed by atoms with van der Waals surface area (Å²) in [6.45, 7) is 5.06. The van der Waals surface area contributed by atoms with Crippen molar-refractivity contribution in [3.63, 3.8) is 0 Å². The van der Waals surface area contributed by atoms with Gasteiger partial charge in [-0.1, -0.05) is 80.4 Å². The van der Waals surface area contributed by atoms with Gasteiger partial charge in [-0.25, -0.2) is 0 Å². The van der Waals surface area contributed by atoms with Crippen LogP contribution in [-0.2, 0) is 22.6 Å². The van der Waals surface area contributed by atoms with Gasteiger partial charge in [0.05, 0.1) is 0 Å². The van der Waals surface area contributed by atoms with Crippen molar-refractivity contribution in [2.24, 2.45) is 0 Å². The summed E-state index contributed by atoms with van der Waals surface area (Å²) in [5.41, 5.74) is 2.16. The maximum Gasteiger partial charge on any atom is 0.242 e. The highest BCUT2D eigenvalue weighted by Crippen LogP contribution is 2.13. The molecule has 0 heterocycles. The second-order valence-electron chi connectivity index (χ2n) is 7.17. The lowest BCUT2D eigenvalue weighted by Crippen LogP contribution is -2.47. The molecule has 4 heteroatoms. The molecule has 0 saturated carbocycles. The van der Waals surface area contributed by atoms with E-state index in [9.17, 15) is 9.59 Å². The molecule has 4 nitrogen and oxygen atoms in total. The van der Waals surface area contributed by atoms with Crippen LogP contribution in [0.1, 0.15) is 50.7 Å². The fourth-order valence-electron chi connectivity index (χ4n) is 3.14. The van der Waals surface area contributed by atoms with Gasteiger partial charge in [0.1, 0.15) is 6.04 Å². The molecule has 0 bridgehead atoms. The van der Waals surface area contributed by atoms with Crippen molar-refractivity contribution in [2.75, 3.05) is 6.54 Å². The second-order valence-corrected chi connectivity index (χ2v) is 7.17. The predicted octanol–water partition coefficient (Wildman–Crippen LogP) is 4.34. The number of benzene rings is 2. The van der Waals surface area contributed by atoms with E-state index in [0.717, 1.165) is 30.4 Å². The number of hydrogen-bond acceptors (Lipinski definition) is 2. The van der Waals surface area contributed by atoms with Crippen LogP contribution in [0, 0.1) is 0 Å². The Labute approximate surface area is 169 Å². The number of amides is 2. The molecule has 1 atom stereocenters. The molecule has 2 aromatic rings. The molecule has 0 unspecified atom stereocenters. The fraction of sp³-hybridized carbons (Fsp3) is 0.417. The van der Waals surface area contributed by atoms with E-state index < -0.39 is 6.04 Å². The Balaban J connectivity index is 2.02. The zero-order chi connectivity index (χ0) is 20.2. The van der Waals surface area contributed by atoms with Crippen LogP contribution in [0.5, 0.6) is 0 Å². The molecule has 0 aliphatic rings. The average molecular weight is 381 g/mol. The van der Waals surface area contributed by atoms with Gasteiger partial charge in [-0.3, -0.25) is 9.59 Å². The van der Waals surface area contributed by atoms with Crippen LogP contribution in [-0.4, -0.2) is 29.3 Å². The van der Waals surface area contributed by atoms with Gasteiger partial charge in [0.2, 0.25) is 11.8 Å². The van der Waals surface area contributed by atoms with Gasteiger partial charge >= 0.3 is 0 Å². The Kier molecular flexibility index (Phi) is 9.26. The number of rotatable bonds is 11. The molecule has 0 radical (unpaired) electrons. The van der Waals surface area contributed by atoms with Gasteiger partial charge in [0.15, 0.2) is 0 Å². The van der Waals surface area contributed by atoms with E-state index in [-0.39, 0.29) is 11.8 Å². The SMILES string of the molecule is CCCCCNC(=O)[C@H](C)N(Cc1ccccc1)C(=O)CCc1ccccc1. The van der Waals surface area contributed by atoms with Crippen molar-refractivity contribution in [3.05, 3.63) is 71.8 Å². The predicted molar refractivity (Wildman–Crippen MR) is 114 cm³/mol. The highest BCUT2D eigenvalue weighted by molar-refractivity contribution is 5.87. The van der Waals surface area contributed by atoms with Gasteiger partial charge in [-0.05, 0) is 30.9 Å². The maximum atomic E-state index is 13.0. The first-order valence-electron chi connectivity index (χ1n) is 10.3. The zero-order valence-electron chi connectivity index (χ0n) is 17.1. The molecule has 150 valence electrons. The van der Waals surface area contributed by atoms with E-state index in [1.54, 1.807) is 4.90 Å². The highest BCUT2D eigenvalue weighted by atomic mass is 16.2. The fourth-order valence-corrected chi connectivity index (χ4v) is 3.14. The van der Waals surface area contributed by atoms with Crippen LogP contribution in [0.3, 0.4) is 0 Å². The molecule has 28 heavy (non-hydrogen) atoms. The first kappa shape index (κ1) is 21.7. The van der Waals surface area contributed by atoms with Gasteiger partial charge < -0.3 is 10.2 Å². The van der Waals surface area contributed by atoms with Crippen LogP contribution in [0.2, 0.25) is 0 Å². The zero-order valence-corrected chi connectivity index (χ0v) is 17.1. The number of carbonyl (C=O) groups is 2. The van der Waals surface area contributed by atoms with Crippen molar-refractivity contribution < 1.29 is 9.59 Å². The van der Waals surface area contributed by atoms with E-state index in [0.29, 0.717) is 25.9 Å².